The summed E-state index contributed by atoms with van der Waals surface area (Å²) in [5, 5.41) is 4.90. The van der Waals surface area contributed by atoms with Crippen LogP contribution in [-0.4, -0.2) is 79.2 Å². The SMILES string of the molecule is COC(=O)NC(C(=O)N1CCC[C@H]1c1nc2ccc3cc(-c4ccc5c(c4)CCc4nc([C@@H]6[C@H]7CC[C@H](C7)N6C(=O)OC(C)(C)C)[nH]c4-5)ccc3c2[nH]1)C(C)C. The van der Waals surface area contributed by atoms with E-state index in [0.29, 0.717) is 12.5 Å². The number of methoxy groups -OCH3 is 1. The second-order valence-electron chi connectivity index (χ2n) is 17.4. The number of aryl methyl sites for hydroxylation is 2. The van der Waals surface area contributed by atoms with Gasteiger partial charge in [-0.1, -0.05) is 50.2 Å². The molecule has 0 spiro atoms. The van der Waals surface area contributed by atoms with Gasteiger partial charge in [-0.05, 0) is 112 Å². The summed E-state index contributed by atoms with van der Waals surface area (Å²) in [5.74, 6) is 1.82. The molecule has 4 aliphatic rings. The molecule has 292 valence electrons. The van der Waals surface area contributed by atoms with Crippen molar-refractivity contribution in [3.63, 3.8) is 0 Å². The number of imidazole rings is 2. The first-order valence-corrected chi connectivity index (χ1v) is 20.2. The van der Waals surface area contributed by atoms with Gasteiger partial charge in [0.15, 0.2) is 0 Å². The van der Waals surface area contributed by atoms with E-state index in [2.05, 4.69) is 57.7 Å². The predicted molar refractivity (Wildman–Crippen MR) is 214 cm³/mol. The molecule has 4 heterocycles. The highest BCUT2D eigenvalue weighted by molar-refractivity contribution is 6.05. The number of carbonyl (C=O) groups excluding carboxylic acids is 3. The molecule has 1 saturated carbocycles. The van der Waals surface area contributed by atoms with E-state index in [9.17, 15) is 14.4 Å². The van der Waals surface area contributed by atoms with Crippen LogP contribution < -0.4 is 5.32 Å². The molecule has 3 fully saturated rings. The number of piperidine rings is 1. The van der Waals surface area contributed by atoms with Gasteiger partial charge in [-0.3, -0.25) is 9.69 Å². The number of amides is 3. The van der Waals surface area contributed by atoms with E-state index in [4.69, 9.17) is 19.4 Å². The van der Waals surface area contributed by atoms with Crippen LogP contribution in [0.25, 0.3) is 44.2 Å². The van der Waals surface area contributed by atoms with Crippen molar-refractivity contribution in [3.05, 3.63) is 71.4 Å². The van der Waals surface area contributed by atoms with Gasteiger partial charge in [0.1, 0.15) is 23.3 Å². The van der Waals surface area contributed by atoms with Crippen LogP contribution in [0.4, 0.5) is 9.59 Å². The van der Waals surface area contributed by atoms with Gasteiger partial charge in [-0.15, -0.1) is 0 Å². The molecule has 9 rings (SSSR count). The maximum absolute atomic E-state index is 13.7. The molecule has 1 unspecified atom stereocenters. The monoisotopic (exact) mass is 757 g/mol. The maximum atomic E-state index is 13.7. The number of fused-ring (bicyclic) bond motifs is 8. The van der Waals surface area contributed by atoms with E-state index in [1.54, 1.807) is 0 Å². The molecule has 3 aromatic carbocycles. The van der Waals surface area contributed by atoms with Crippen LogP contribution in [0, 0.1) is 11.8 Å². The Bertz CT molecular complexity index is 2370. The summed E-state index contributed by atoms with van der Waals surface area (Å²) in [5.41, 5.74) is 8.15. The van der Waals surface area contributed by atoms with Crippen molar-refractivity contribution >= 4 is 39.9 Å². The van der Waals surface area contributed by atoms with Crippen LogP contribution >= 0.6 is 0 Å². The molecule has 2 saturated heterocycles. The summed E-state index contributed by atoms with van der Waals surface area (Å²) in [6, 6.07) is 16.7. The second-order valence-corrected chi connectivity index (χ2v) is 17.4. The normalized spacial score (nSPS) is 22.1. The Balaban J connectivity index is 0.969. The Hall–Kier alpha value is -5.39. The van der Waals surface area contributed by atoms with Crippen molar-refractivity contribution in [1.29, 1.82) is 0 Å². The fraction of sp³-hybridized carbons (Fsp3) is 0.477. The highest BCUT2D eigenvalue weighted by Gasteiger charge is 2.51. The van der Waals surface area contributed by atoms with Crippen molar-refractivity contribution in [1.82, 2.24) is 35.1 Å². The van der Waals surface area contributed by atoms with Gasteiger partial charge in [0.05, 0.1) is 41.6 Å². The summed E-state index contributed by atoms with van der Waals surface area (Å²) in [7, 11) is 1.30. The quantitative estimate of drug-likeness (QED) is 0.158. The Labute approximate surface area is 326 Å². The Morgan fingerprint density at radius 3 is 2.52 bits per heavy atom. The topological polar surface area (TPSA) is 146 Å². The van der Waals surface area contributed by atoms with Gasteiger partial charge in [0.25, 0.3) is 0 Å². The number of carbonyl (C=O) groups is 3. The second kappa shape index (κ2) is 13.7. The van der Waals surface area contributed by atoms with Gasteiger partial charge < -0.3 is 29.7 Å². The lowest BCUT2D eigenvalue weighted by molar-refractivity contribution is -0.135. The van der Waals surface area contributed by atoms with Crippen LogP contribution in [0.15, 0.2) is 48.5 Å². The zero-order valence-corrected chi connectivity index (χ0v) is 33.1. The third-order valence-electron chi connectivity index (χ3n) is 12.3. The van der Waals surface area contributed by atoms with Crippen LogP contribution in [0.3, 0.4) is 0 Å². The summed E-state index contributed by atoms with van der Waals surface area (Å²) in [6.07, 6.45) is 5.68. The molecule has 2 bridgehead atoms. The minimum atomic E-state index is -0.682. The number of nitrogens with one attached hydrogen (secondary N) is 3. The number of benzene rings is 3. The lowest BCUT2D eigenvalue weighted by Crippen LogP contribution is -2.51. The highest BCUT2D eigenvalue weighted by atomic mass is 16.6. The van der Waals surface area contributed by atoms with Crippen molar-refractivity contribution in [2.75, 3.05) is 13.7 Å². The average Bonchev–Trinajstić information content (AvgIpc) is 4.02. The summed E-state index contributed by atoms with van der Waals surface area (Å²) in [4.78, 5) is 60.4. The van der Waals surface area contributed by atoms with Crippen molar-refractivity contribution < 1.29 is 23.9 Å². The zero-order chi connectivity index (χ0) is 39.0. The lowest BCUT2D eigenvalue weighted by atomic mass is 9.89. The molecule has 2 aliphatic heterocycles. The van der Waals surface area contributed by atoms with E-state index in [0.717, 1.165) is 101 Å². The first kappa shape index (κ1) is 36.3. The lowest BCUT2D eigenvalue weighted by Gasteiger charge is -2.35. The van der Waals surface area contributed by atoms with E-state index < -0.39 is 17.7 Å². The molecule has 2 aromatic heterocycles. The zero-order valence-electron chi connectivity index (χ0n) is 33.1. The molecular weight excluding hydrogens is 707 g/mol. The van der Waals surface area contributed by atoms with Crippen LogP contribution in [-0.2, 0) is 27.1 Å². The Morgan fingerprint density at radius 1 is 0.929 bits per heavy atom. The van der Waals surface area contributed by atoms with E-state index in [-0.39, 0.29) is 36.0 Å². The standard InChI is InChI=1S/C44H51N7O5/c1-23(2)35(49-42(53)55-6)41(52)50-19-7-8-34(50)39-45-32-17-12-26-20-24(10-15-30(26)36(32)47-39)25-11-16-31-27(21-25)13-18-33-37(31)48-40(46-33)38-28-9-14-29(22-28)51(38)43(54)56-44(3,4)5/h10-12,15-17,20-21,23,28-29,34-35,38H,7-9,13-14,18-19,22H2,1-6H3,(H,45,47)(H,46,48)(H,49,53)/t28-,29+,34-,35?,38-/m0/s1. The minimum absolute atomic E-state index is 0.0842. The van der Waals surface area contributed by atoms with E-state index in [1.807, 2.05) is 50.5 Å². The molecule has 3 amide bonds. The van der Waals surface area contributed by atoms with E-state index >= 15 is 0 Å². The molecule has 2 aliphatic carbocycles. The van der Waals surface area contributed by atoms with Gasteiger partial charge in [0, 0.05) is 23.5 Å². The van der Waals surface area contributed by atoms with Crippen LogP contribution in [0.1, 0.15) is 102 Å². The number of ether oxygens (including phenoxy) is 2. The first-order valence-electron chi connectivity index (χ1n) is 20.2. The van der Waals surface area contributed by atoms with E-state index in [1.165, 1.54) is 18.2 Å². The van der Waals surface area contributed by atoms with Crippen LogP contribution in [0.5, 0.6) is 0 Å². The summed E-state index contributed by atoms with van der Waals surface area (Å²) in [6.45, 7) is 10.2. The number of likely N-dealkylation sites (tertiary alicyclic amines) is 2. The van der Waals surface area contributed by atoms with Crippen LogP contribution in [0.2, 0.25) is 0 Å². The number of alkyl carbamates (subject to hydrolysis) is 1. The molecule has 12 nitrogen and oxygen atoms in total. The molecule has 0 radical (unpaired) electrons. The number of aromatic amines is 2. The predicted octanol–water partition coefficient (Wildman–Crippen LogP) is 8.38. The third-order valence-corrected chi connectivity index (χ3v) is 12.3. The third kappa shape index (κ3) is 6.27. The number of rotatable bonds is 6. The Morgan fingerprint density at radius 2 is 1.73 bits per heavy atom. The molecule has 3 N–H and O–H groups in total. The fourth-order valence-corrected chi connectivity index (χ4v) is 9.73. The number of hydrogen-bond donors (Lipinski definition) is 3. The average molecular weight is 758 g/mol. The minimum Gasteiger partial charge on any atom is -0.453 e. The number of hydrogen-bond acceptors (Lipinski definition) is 7. The first-order chi connectivity index (χ1) is 26.9. The number of H-pyrrole nitrogens is 2. The molecule has 5 atom stereocenters. The molecule has 56 heavy (non-hydrogen) atoms. The van der Waals surface area contributed by atoms with Crippen molar-refractivity contribution in [2.24, 2.45) is 11.8 Å². The molecular formula is C44H51N7O5. The maximum Gasteiger partial charge on any atom is 0.411 e. The van der Waals surface area contributed by atoms with Gasteiger partial charge in [0.2, 0.25) is 5.91 Å². The fourth-order valence-electron chi connectivity index (χ4n) is 9.73. The summed E-state index contributed by atoms with van der Waals surface area (Å²) < 4.78 is 10.7. The van der Waals surface area contributed by atoms with Gasteiger partial charge >= 0.3 is 12.2 Å². The van der Waals surface area contributed by atoms with Crippen molar-refractivity contribution in [3.8, 4) is 22.4 Å². The molecule has 5 aromatic rings. The largest absolute Gasteiger partial charge is 0.453 e. The Kier molecular flexibility index (Phi) is 8.85. The highest BCUT2D eigenvalue weighted by Crippen LogP contribution is 2.51. The van der Waals surface area contributed by atoms with Gasteiger partial charge in [-0.2, -0.15) is 0 Å². The van der Waals surface area contributed by atoms with Crippen molar-refractivity contribution in [2.45, 2.75) is 109 Å². The smallest absolute Gasteiger partial charge is 0.411 e. The molecule has 12 heteroatoms. The number of nitrogens with zero attached hydrogens (tertiary/aromatic N) is 4. The summed E-state index contributed by atoms with van der Waals surface area (Å²) >= 11 is 0. The van der Waals surface area contributed by atoms with Gasteiger partial charge in [-0.25, -0.2) is 19.6 Å². The number of aromatic nitrogens is 4.